The Morgan fingerprint density at radius 3 is 2.05 bits per heavy atom. The Morgan fingerprint density at radius 2 is 1.55 bits per heavy atom. The maximum atomic E-state index is 12.8. The second-order valence-corrected chi connectivity index (χ2v) is 7.42. The monoisotopic (exact) mass is 319 g/mol. The van der Waals surface area contributed by atoms with Crippen LogP contribution in [-0.2, 0) is 10.0 Å². The van der Waals surface area contributed by atoms with Crippen LogP contribution < -0.4 is 9.04 Å². The third kappa shape index (κ3) is 3.09. The SMILES string of the molecule is COc1ccc(S(=O)(=O)N(C)c2cc(C)cc(C)c2)cc1C. The average Bonchev–Trinajstić information content (AvgIpc) is 2.45. The molecule has 0 fully saturated rings. The van der Waals surface area contributed by atoms with E-state index < -0.39 is 10.0 Å². The molecule has 0 N–H and O–H groups in total. The van der Waals surface area contributed by atoms with Crippen molar-refractivity contribution in [3.05, 3.63) is 53.1 Å². The molecule has 0 spiro atoms. The number of nitrogens with zero attached hydrogens (tertiary/aromatic N) is 1. The number of benzene rings is 2. The van der Waals surface area contributed by atoms with Crippen LogP contribution in [0.4, 0.5) is 5.69 Å². The molecule has 118 valence electrons. The van der Waals surface area contributed by atoms with Crippen LogP contribution in [0.3, 0.4) is 0 Å². The van der Waals surface area contributed by atoms with Crippen LogP contribution >= 0.6 is 0 Å². The van der Waals surface area contributed by atoms with Gasteiger partial charge in [0.25, 0.3) is 10.0 Å². The summed E-state index contributed by atoms with van der Waals surface area (Å²) in [5, 5.41) is 0. The van der Waals surface area contributed by atoms with Crippen molar-refractivity contribution in [3.8, 4) is 5.75 Å². The Morgan fingerprint density at radius 1 is 0.955 bits per heavy atom. The topological polar surface area (TPSA) is 46.6 Å². The van der Waals surface area contributed by atoms with Gasteiger partial charge in [-0.2, -0.15) is 0 Å². The number of hydrogen-bond acceptors (Lipinski definition) is 3. The molecule has 2 aromatic carbocycles. The molecule has 4 nitrogen and oxygen atoms in total. The maximum Gasteiger partial charge on any atom is 0.264 e. The third-order valence-electron chi connectivity index (χ3n) is 3.59. The van der Waals surface area contributed by atoms with Crippen molar-refractivity contribution in [2.75, 3.05) is 18.5 Å². The number of aryl methyl sites for hydroxylation is 3. The van der Waals surface area contributed by atoms with Crippen molar-refractivity contribution in [1.29, 1.82) is 0 Å². The van der Waals surface area contributed by atoms with Gasteiger partial charge in [0.05, 0.1) is 17.7 Å². The summed E-state index contributed by atoms with van der Waals surface area (Å²) < 4.78 is 32.1. The summed E-state index contributed by atoms with van der Waals surface area (Å²) in [4.78, 5) is 0.257. The van der Waals surface area contributed by atoms with Gasteiger partial charge in [-0.05, 0) is 67.8 Å². The lowest BCUT2D eigenvalue weighted by Gasteiger charge is -2.21. The zero-order chi connectivity index (χ0) is 16.5. The highest BCUT2D eigenvalue weighted by Crippen LogP contribution is 2.27. The van der Waals surface area contributed by atoms with Gasteiger partial charge in [0.1, 0.15) is 5.75 Å². The summed E-state index contributed by atoms with van der Waals surface area (Å²) >= 11 is 0. The van der Waals surface area contributed by atoms with E-state index >= 15 is 0 Å². The number of anilines is 1. The van der Waals surface area contributed by atoms with Gasteiger partial charge in [0.15, 0.2) is 0 Å². The zero-order valence-corrected chi connectivity index (χ0v) is 14.4. The van der Waals surface area contributed by atoms with E-state index in [2.05, 4.69) is 0 Å². The van der Waals surface area contributed by atoms with Gasteiger partial charge < -0.3 is 4.74 Å². The molecule has 0 aliphatic rings. The summed E-state index contributed by atoms with van der Waals surface area (Å²) in [6, 6.07) is 10.6. The highest BCUT2D eigenvalue weighted by Gasteiger charge is 2.22. The van der Waals surface area contributed by atoms with E-state index in [-0.39, 0.29) is 4.90 Å². The summed E-state index contributed by atoms with van der Waals surface area (Å²) in [6.45, 7) is 5.73. The predicted octanol–water partition coefficient (Wildman–Crippen LogP) is 3.45. The van der Waals surface area contributed by atoms with E-state index in [1.807, 2.05) is 39.0 Å². The molecule has 0 amide bonds. The van der Waals surface area contributed by atoms with Crippen molar-refractivity contribution < 1.29 is 13.2 Å². The van der Waals surface area contributed by atoms with E-state index in [4.69, 9.17) is 4.74 Å². The summed E-state index contributed by atoms with van der Waals surface area (Å²) in [6.07, 6.45) is 0. The maximum absolute atomic E-state index is 12.8. The van der Waals surface area contributed by atoms with Crippen molar-refractivity contribution in [2.24, 2.45) is 0 Å². The van der Waals surface area contributed by atoms with Crippen molar-refractivity contribution >= 4 is 15.7 Å². The standard InChI is InChI=1S/C17H21NO3S/c1-12-8-13(2)10-15(9-12)18(4)22(19,20)16-6-7-17(21-5)14(3)11-16/h6-11H,1-5H3. The van der Waals surface area contributed by atoms with E-state index in [0.717, 1.165) is 16.7 Å². The van der Waals surface area contributed by atoms with Crippen molar-refractivity contribution in [1.82, 2.24) is 0 Å². The average molecular weight is 319 g/mol. The lowest BCUT2D eigenvalue weighted by Crippen LogP contribution is -2.26. The molecule has 0 aliphatic carbocycles. The van der Waals surface area contributed by atoms with Gasteiger partial charge in [0.2, 0.25) is 0 Å². The highest BCUT2D eigenvalue weighted by molar-refractivity contribution is 7.92. The molecule has 0 heterocycles. The molecule has 0 radical (unpaired) electrons. The van der Waals surface area contributed by atoms with E-state index in [1.165, 1.54) is 4.31 Å². The minimum Gasteiger partial charge on any atom is -0.496 e. The van der Waals surface area contributed by atoms with Gasteiger partial charge in [-0.25, -0.2) is 8.42 Å². The quantitative estimate of drug-likeness (QED) is 0.867. The zero-order valence-electron chi connectivity index (χ0n) is 13.5. The second kappa shape index (κ2) is 6.01. The minimum atomic E-state index is -3.60. The summed E-state index contributed by atoms with van der Waals surface area (Å²) in [5.74, 6) is 0.674. The van der Waals surface area contributed by atoms with Crippen LogP contribution in [0, 0.1) is 20.8 Å². The molecule has 0 atom stereocenters. The van der Waals surface area contributed by atoms with E-state index in [0.29, 0.717) is 11.4 Å². The number of rotatable bonds is 4. The fourth-order valence-corrected chi connectivity index (χ4v) is 3.71. The molecule has 0 aliphatic heterocycles. The van der Waals surface area contributed by atoms with Crippen LogP contribution in [0.5, 0.6) is 5.75 Å². The first-order chi connectivity index (χ1) is 10.3. The van der Waals surface area contributed by atoms with Crippen LogP contribution in [0.25, 0.3) is 0 Å². The predicted molar refractivity (Wildman–Crippen MR) is 89.2 cm³/mol. The van der Waals surface area contributed by atoms with Crippen LogP contribution in [0.1, 0.15) is 16.7 Å². The largest absolute Gasteiger partial charge is 0.496 e. The number of ether oxygens (including phenoxy) is 1. The molecule has 2 rings (SSSR count). The Bertz CT molecular complexity index is 777. The first-order valence-corrected chi connectivity index (χ1v) is 8.41. The Hall–Kier alpha value is -2.01. The van der Waals surface area contributed by atoms with Crippen LogP contribution in [0.15, 0.2) is 41.3 Å². The van der Waals surface area contributed by atoms with Gasteiger partial charge >= 0.3 is 0 Å². The molecule has 0 aromatic heterocycles. The van der Waals surface area contributed by atoms with Gasteiger partial charge in [0, 0.05) is 7.05 Å². The lowest BCUT2D eigenvalue weighted by atomic mass is 10.1. The van der Waals surface area contributed by atoms with Gasteiger partial charge in [-0.15, -0.1) is 0 Å². The molecule has 0 unspecified atom stereocenters. The lowest BCUT2D eigenvalue weighted by molar-refractivity contribution is 0.411. The molecule has 0 bridgehead atoms. The van der Waals surface area contributed by atoms with Gasteiger partial charge in [-0.3, -0.25) is 4.31 Å². The van der Waals surface area contributed by atoms with E-state index in [9.17, 15) is 8.42 Å². The first kappa shape index (κ1) is 16.4. The van der Waals surface area contributed by atoms with Gasteiger partial charge in [-0.1, -0.05) is 6.07 Å². The van der Waals surface area contributed by atoms with E-state index in [1.54, 1.807) is 32.4 Å². The summed E-state index contributed by atoms with van der Waals surface area (Å²) in [5.41, 5.74) is 3.51. The fourth-order valence-electron chi connectivity index (χ4n) is 2.44. The molecular weight excluding hydrogens is 298 g/mol. The number of hydrogen-bond donors (Lipinski definition) is 0. The van der Waals surface area contributed by atoms with Crippen LogP contribution in [-0.4, -0.2) is 22.6 Å². The summed E-state index contributed by atoms with van der Waals surface area (Å²) in [7, 11) is -0.455. The number of sulfonamides is 1. The second-order valence-electron chi connectivity index (χ2n) is 5.45. The Labute approximate surface area is 132 Å². The Balaban J connectivity index is 2.47. The smallest absolute Gasteiger partial charge is 0.264 e. The molecule has 22 heavy (non-hydrogen) atoms. The first-order valence-electron chi connectivity index (χ1n) is 6.97. The van der Waals surface area contributed by atoms with Crippen molar-refractivity contribution in [2.45, 2.75) is 25.7 Å². The fraction of sp³-hybridized carbons (Fsp3) is 0.294. The minimum absolute atomic E-state index is 0.257. The van der Waals surface area contributed by atoms with Crippen molar-refractivity contribution in [3.63, 3.8) is 0 Å². The molecule has 0 saturated heterocycles. The number of methoxy groups -OCH3 is 1. The molecule has 0 saturated carbocycles. The molecular formula is C17H21NO3S. The third-order valence-corrected chi connectivity index (χ3v) is 5.38. The van der Waals surface area contributed by atoms with Crippen LogP contribution in [0.2, 0.25) is 0 Å². The highest BCUT2D eigenvalue weighted by atomic mass is 32.2. The normalized spacial score (nSPS) is 11.3. The molecule has 2 aromatic rings. The Kier molecular flexibility index (Phi) is 4.47. The molecule has 5 heteroatoms.